The van der Waals surface area contributed by atoms with Gasteiger partial charge in [-0.25, -0.2) is 12.8 Å². The summed E-state index contributed by atoms with van der Waals surface area (Å²) in [5, 5.41) is 0.405. The van der Waals surface area contributed by atoms with Crippen LogP contribution in [0.15, 0.2) is 47.4 Å². The highest BCUT2D eigenvalue weighted by atomic mass is 35.5. The van der Waals surface area contributed by atoms with Crippen LogP contribution in [0.1, 0.15) is 28.8 Å². The number of halogens is 2. The smallest absolute Gasteiger partial charge is 0.253 e. The van der Waals surface area contributed by atoms with Crippen LogP contribution in [-0.4, -0.2) is 67.7 Å². The number of rotatable bonds is 5. The van der Waals surface area contributed by atoms with Crippen molar-refractivity contribution in [1.29, 1.82) is 0 Å². The van der Waals surface area contributed by atoms with Crippen molar-refractivity contribution >= 4 is 27.5 Å². The highest BCUT2D eigenvalue weighted by Gasteiger charge is 2.28. The van der Waals surface area contributed by atoms with Crippen molar-refractivity contribution in [2.45, 2.75) is 24.3 Å². The summed E-state index contributed by atoms with van der Waals surface area (Å²) in [6.07, 6.45) is 1.76. The number of carbonyl (C=O) groups excluding carboxylic acids is 1. The van der Waals surface area contributed by atoms with Crippen molar-refractivity contribution in [2.24, 2.45) is 0 Å². The van der Waals surface area contributed by atoms with Crippen molar-refractivity contribution < 1.29 is 17.6 Å². The van der Waals surface area contributed by atoms with Gasteiger partial charge in [-0.05, 0) is 49.2 Å². The Morgan fingerprint density at radius 2 is 1.58 bits per heavy atom. The fraction of sp³-hybridized carbons (Fsp3) is 0.409. The molecule has 9 heteroatoms. The van der Waals surface area contributed by atoms with Crippen molar-refractivity contribution in [3.8, 4) is 0 Å². The summed E-state index contributed by atoms with van der Waals surface area (Å²) in [5.41, 5.74) is 0.935. The van der Waals surface area contributed by atoms with Crippen molar-refractivity contribution in [3.63, 3.8) is 0 Å². The van der Waals surface area contributed by atoms with Gasteiger partial charge in [0, 0.05) is 62.0 Å². The summed E-state index contributed by atoms with van der Waals surface area (Å²) in [7, 11) is -3.49. The van der Waals surface area contributed by atoms with E-state index in [0.717, 1.165) is 12.8 Å². The second-order valence-corrected chi connectivity index (χ2v) is 10.2. The second kappa shape index (κ2) is 9.24. The molecule has 0 spiro atoms. The Morgan fingerprint density at radius 3 is 2.19 bits per heavy atom. The highest BCUT2D eigenvalue weighted by Crippen LogP contribution is 2.23. The van der Waals surface area contributed by atoms with Crippen LogP contribution in [0.3, 0.4) is 0 Å². The molecular formula is C22H25ClFN3O3S. The fourth-order valence-corrected chi connectivity index (χ4v) is 5.79. The first kappa shape index (κ1) is 22.2. The summed E-state index contributed by atoms with van der Waals surface area (Å²) < 4.78 is 40.8. The fourth-order valence-electron chi connectivity index (χ4n) is 4.05. The van der Waals surface area contributed by atoms with Gasteiger partial charge in [-0.15, -0.1) is 0 Å². The lowest BCUT2D eigenvalue weighted by molar-refractivity contribution is 0.0627. The van der Waals surface area contributed by atoms with E-state index in [0.29, 0.717) is 62.0 Å². The minimum atomic E-state index is -3.49. The molecule has 0 N–H and O–H groups in total. The Labute approximate surface area is 187 Å². The number of sulfonamides is 1. The van der Waals surface area contributed by atoms with Gasteiger partial charge < -0.3 is 4.90 Å². The van der Waals surface area contributed by atoms with E-state index in [1.807, 2.05) is 0 Å². The molecule has 0 bridgehead atoms. The maximum absolute atomic E-state index is 14.0. The third-order valence-electron chi connectivity index (χ3n) is 5.91. The molecule has 2 fully saturated rings. The number of hydrogen-bond acceptors (Lipinski definition) is 4. The monoisotopic (exact) mass is 465 g/mol. The van der Waals surface area contributed by atoms with Gasteiger partial charge in [0.25, 0.3) is 5.91 Å². The van der Waals surface area contributed by atoms with E-state index in [2.05, 4.69) is 4.90 Å². The number of hydrogen-bond donors (Lipinski definition) is 0. The highest BCUT2D eigenvalue weighted by molar-refractivity contribution is 7.89. The van der Waals surface area contributed by atoms with Crippen LogP contribution in [-0.2, 0) is 16.6 Å². The maximum atomic E-state index is 14.0. The van der Waals surface area contributed by atoms with Crippen molar-refractivity contribution in [1.82, 2.24) is 14.1 Å². The zero-order chi connectivity index (χ0) is 22.0. The third-order valence-corrected chi connectivity index (χ3v) is 8.17. The molecule has 2 saturated heterocycles. The molecule has 2 heterocycles. The Kier molecular flexibility index (Phi) is 6.62. The van der Waals surface area contributed by atoms with Crippen LogP contribution >= 0.6 is 11.6 Å². The summed E-state index contributed by atoms with van der Waals surface area (Å²) in [6.45, 7) is 3.74. The molecule has 4 rings (SSSR count). The Hall–Kier alpha value is -2.00. The standard InChI is InChI=1S/C22H25ClFN3O3S/c23-20-4-3-5-21(24)19(20)16-25-12-14-26(15-13-25)22(28)17-6-8-18(9-7-17)31(29,30)27-10-1-2-11-27/h3-9H,1-2,10-16H2. The lowest BCUT2D eigenvalue weighted by atomic mass is 10.1. The summed E-state index contributed by atoms with van der Waals surface area (Å²) >= 11 is 6.12. The minimum Gasteiger partial charge on any atom is -0.336 e. The van der Waals surface area contributed by atoms with Crippen LogP contribution < -0.4 is 0 Å². The predicted molar refractivity (Wildman–Crippen MR) is 117 cm³/mol. The van der Waals surface area contributed by atoms with Gasteiger partial charge in [0.1, 0.15) is 5.82 Å². The van der Waals surface area contributed by atoms with E-state index < -0.39 is 10.0 Å². The first-order chi connectivity index (χ1) is 14.9. The molecule has 0 aliphatic carbocycles. The number of piperazine rings is 1. The van der Waals surface area contributed by atoms with E-state index in [1.54, 1.807) is 29.2 Å². The van der Waals surface area contributed by atoms with E-state index in [-0.39, 0.29) is 16.6 Å². The van der Waals surface area contributed by atoms with E-state index in [9.17, 15) is 17.6 Å². The van der Waals surface area contributed by atoms with Crippen LogP contribution in [0.5, 0.6) is 0 Å². The predicted octanol–water partition coefficient (Wildman–Crippen LogP) is 3.22. The van der Waals surface area contributed by atoms with E-state index in [1.165, 1.54) is 22.5 Å². The molecule has 0 saturated carbocycles. The topological polar surface area (TPSA) is 60.9 Å². The van der Waals surface area contributed by atoms with Crippen LogP contribution in [0.4, 0.5) is 4.39 Å². The molecule has 0 atom stereocenters. The van der Waals surface area contributed by atoms with Gasteiger partial charge in [0.05, 0.1) is 4.90 Å². The van der Waals surface area contributed by atoms with E-state index >= 15 is 0 Å². The molecule has 6 nitrogen and oxygen atoms in total. The SMILES string of the molecule is O=C(c1ccc(S(=O)(=O)N2CCCC2)cc1)N1CCN(Cc2c(F)cccc2Cl)CC1. The molecule has 2 aromatic rings. The van der Waals surface area contributed by atoms with Gasteiger partial charge >= 0.3 is 0 Å². The molecule has 166 valence electrons. The molecular weight excluding hydrogens is 441 g/mol. The van der Waals surface area contributed by atoms with Gasteiger partial charge in [-0.2, -0.15) is 4.31 Å². The quantitative estimate of drug-likeness (QED) is 0.680. The first-order valence-corrected chi connectivity index (χ1v) is 12.2. The largest absolute Gasteiger partial charge is 0.336 e. The molecule has 0 radical (unpaired) electrons. The summed E-state index contributed by atoms with van der Waals surface area (Å²) in [5.74, 6) is -0.455. The number of nitrogens with zero attached hydrogens (tertiary/aromatic N) is 3. The molecule has 31 heavy (non-hydrogen) atoms. The van der Waals surface area contributed by atoms with Gasteiger partial charge in [0.15, 0.2) is 0 Å². The molecule has 2 aliphatic heterocycles. The number of amides is 1. The molecule has 0 aromatic heterocycles. The second-order valence-electron chi connectivity index (χ2n) is 7.90. The van der Waals surface area contributed by atoms with Crippen molar-refractivity contribution in [3.05, 3.63) is 64.4 Å². The first-order valence-electron chi connectivity index (χ1n) is 10.4. The third kappa shape index (κ3) is 4.77. The number of carbonyl (C=O) groups is 1. The summed E-state index contributed by atoms with van der Waals surface area (Å²) in [4.78, 5) is 16.9. The van der Waals surface area contributed by atoms with Gasteiger partial charge in [-0.3, -0.25) is 9.69 Å². The average molecular weight is 466 g/mol. The molecule has 1 amide bonds. The zero-order valence-electron chi connectivity index (χ0n) is 17.1. The zero-order valence-corrected chi connectivity index (χ0v) is 18.7. The molecule has 2 aliphatic rings. The maximum Gasteiger partial charge on any atom is 0.253 e. The lowest BCUT2D eigenvalue weighted by Gasteiger charge is -2.35. The average Bonchev–Trinajstić information content (AvgIpc) is 3.32. The Balaban J connectivity index is 1.36. The number of benzene rings is 2. The molecule has 0 unspecified atom stereocenters. The van der Waals surface area contributed by atoms with Crippen LogP contribution in [0.2, 0.25) is 5.02 Å². The Bertz CT molecular complexity index is 1030. The van der Waals surface area contributed by atoms with Gasteiger partial charge in [0.2, 0.25) is 10.0 Å². The normalized spacial score (nSPS) is 18.5. The lowest BCUT2D eigenvalue weighted by Crippen LogP contribution is -2.48. The summed E-state index contributed by atoms with van der Waals surface area (Å²) in [6, 6.07) is 10.8. The van der Waals surface area contributed by atoms with Crippen LogP contribution in [0, 0.1) is 5.82 Å². The van der Waals surface area contributed by atoms with Crippen LogP contribution in [0.25, 0.3) is 0 Å². The Morgan fingerprint density at radius 1 is 0.935 bits per heavy atom. The molecule has 2 aromatic carbocycles. The minimum absolute atomic E-state index is 0.131. The van der Waals surface area contributed by atoms with Gasteiger partial charge in [-0.1, -0.05) is 17.7 Å². The van der Waals surface area contributed by atoms with Crippen molar-refractivity contribution in [2.75, 3.05) is 39.3 Å². The van der Waals surface area contributed by atoms with E-state index in [4.69, 9.17) is 11.6 Å².